The minimum Gasteiger partial charge on any atom is -0.467 e. The molecule has 0 saturated carbocycles. The number of carbonyl (C=O) groups excluding carboxylic acids is 1. The van der Waals surface area contributed by atoms with Crippen molar-refractivity contribution in [1.29, 1.82) is 0 Å². The normalized spacial score (nSPS) is 28.8. The van der Waals surface area contributed by atoms with Crippen LogP contribution >= 0.6 is 0 Å². The fourth-order valence-electron chi connectivity index (χ4n) is 1.10. The number of aliphatic hydroxyl groups is 1. The van der Waals surface area contributed by atoms with Crippen LogP contribution < -0.4 is 0 Å². The van der Waals surface area contributed by atoms with Crippen molar-refractivity contribution in [2.75, 3.05) is 13.7 Å². The molecule has 1 fully saturated rings. The zero-order valence-electron chi connectivity index (χ0n) is 7.53. The smallest absolute Gasteiger partial charge is 0.337 e. The molecule has 0 aromatic heterocycles. The van der Waals surface area contributed by atoms with Gasteiger partial charge in [0.1, 0.15) is 0 Å². The zero-order valence-corrected chi connectivity index (χ0v) is 7.53. The Bertz CT molecular complexity index is 183. The first kappa shape index (κ1) is 9.48. The van der Waals surface area contributed by atoms with E-state index in [1.54, 1.807) is 6.92 Å². The van der Waals surface area contributed by atoms with Gasteiger partial charge in [-0.3, -0.25) is 0 Å². The van der Waals surface area contributed by atoms with Crippen molar-refractivity contribution in [2.45, 2.75) is 25.6 Å². The second-order valence-electron chi connectivity index (χ2n) is 3.30. The van der Waals surface area contributed by atoms with Gasteiger partial charge in [0.2, 0.25) is 0 Å². The van der Waals surface area contributed by atoms with Crippen LogP contribution in [0.15, 0.2) is 0 Å². The summed E-state index contributed by atoms with van der Waals surface area (Å²) in [5, 5.41) is 9.71. The molecule has 1 heterocycles. The van der Waals surface area contributed by atoms with Crippen LogP contribution in [0.25, 0.3) is 0 Å². The molecule has 12 heavy (non-hydrogen) atoms. The van der Waals surface area contributed by atoms with Crippen molar-refractivity contribution in [2.24, 2.45) is 5.92 Å². The maximum atomic E-state index is 11.1. The minimum atomic E-state index is -1.43. The van der Waals surface area contributed by atoms with Gasteiger partial charge in [-0.2, -0.15) is 0 Å². The number of rotatable bonds is 3. The van der Waals surface area contributed by atoms with Crippen molar-refractivity contribution in [1.82, 2.24) is 0 Å². The fourth-order valence-corrected chi connectivity index (χ4v) is 1.10. The molecule has 0 spiro atoms. The van der Waals surface area contributed by atoms with Crippen molar-refractivity contribution in [3.8, 4) is 0 Å². The Morgan fingerprint density at radius 1 is 1.83 bits per heavy atom. The summed E-state index contributed by atoms with van der Waals surface area (Å²) in [5.74, 6) is -0.824. The molecule has 0 radical (unpaired) electrons. The summed E-state index contributed by atoms with van der Waals surface area (Å²) in [4.78, 5) is 11.1. The van der Waals surface area contributed by atoms with Gasteiger partial charge in [-0.25, -0.2) is 4.79 Å². The lowest BCUT2D eigenvalue weighted by molar-refractivity contribution is -0.166. The average molecular weight is 174 g/mol. The Hall–Kier alpha value is -0.610. The number of epoxide rings is 1. The van der Waals surface area contributed by atoms with Gasteiger partial charge in [0.25, 0.3) is 0 Å². The standard InChI is InChI=1S/C8H14O4/c1-5(6-4-12-6)8(2,10)7(9)11-3/h5-6,10H,4H2,1-3H3. The first-order valence-electron chi connectivity index (χ1n) is 3.92. The molecule has 1 rings (SSSR count). The first-order chi connectivity index (χ1) is 5.50. The van der Waals surface area contributed by atoms with E-state index in [9.17, 15) is 9.90 Å². The van der Waals surface area contributed by atoms with Gasteiger partial charge >= 0.3 is 5.97 Å². The number of carbonyl (C=O) groups is 1. The largest absolute Gasteiger partial charge is 0.467 e. The van der Waals surface area contributed by atoms with Gasteiger partial charge < -0.3 is 14.6 Å². The van der Waals surface area contributed by atoms with Gasteiger partial charge in [0.15, 0.2) is 5.60 Å². The molecular weight excluding hydrogens is 160 g/mol. The topological polar surface area (TPSA) is 59.1 Å². The highest BCUT2D eigenvalue weighted by Gasteiger charge is 2.46. The maximum absolute atomic E-state index is 11.1. The molecule has 1 aliphatic rings. The summed E-state index contributed by atoms with van der Waals surface area (Å²) in [6.07, 6.45) is -0.000833. The van der Waals surface area contributed by atoms with Crippen LogP contribution in [0.5, 0.6) is 0 Å². The summed E-state index contributed by atoms with van der Waals surface area (Å²) in [5.41, 5.74) is -1.43. The van der Waals surface area contributed by atoms with Gasteiger partial charge in [0.05, 0.1) is 19.8 Å². The third kappa shape index (κ3) is 1.59. The van der Waals surface area contributed by atoms with Gasteiger partial charge in [-0.15, -0.1) is 0 Å². The molecule has 0 aliphatic carbocycles. The SMILES string of the molecule is COC(=O)C(C)(O)C(C)C1CO1. The van der Waals surface area contributed by atoms with Crippen LogP contribution in [-0.2, 0) is 14.3 Å². The predicted octanol–water partition coefficient (Wildman–Crippen LogP) is -0.0547. The van der Waals surface area contributed by atoms with E-state index in [4.69, 9.17) is 4.74 Å². The van der Waals surface area contributed by atoms with Gasteiger partial charge in [0, 0.05) is 5.92 Å². The zero-order chi connectivity index (χ0) is 9.35. The highest BCUT2D eigenvalue weighted by molar-refractivity contribution is 5.79. The molecule has 1 aliphatic heterocycles. The predicted molar refractivity (Wildman–Crippen MR) is 41.5 cm³/mol. The molecule has 3 unspecified atom stereocenters. The molecule has 0 amide bonds. The van der Waals surface area contributed by atoms with Crippen LogP contribution in [0.4, 0.5) is 0 Å². The van der Waals surface area contributed by atoms with E-state index in [1.807, 2.05) is 0 Å². The van der Waals surface area contributed by atoms with Crippen LogP contribution in [0.1, 0.15) is 13.8 Å². The van der Waals surface area contributed by atoms with E-state index < -0.39 is 11.6 Å². The van der Waals surface area contributed by atoms with Gasteiger partial charge in [-0.05, 0) is 6.92 Å². The second kappa shape index (κ2) is 3.03. The Kier molecular flexibility index (Phi) is 2.39. The molecule has 0 aromatic carbocycles. The van der Waals surface area contributed by atoms with Crippen LogP contribution in [0.3, 0.4) is 0 Å². The Morgan fingerprint density at radius 3 is 2.67 bits per heavy atom. The molecule has 1 N–H and O–H groups in total. The monoisotopic (exact) mass is 174 g/mol. The molecule has 70 valence electrons. The highest BCUT2D eigenvalue weighted by Crippen LogP contribution is 2.30. The second-order valence-corrected chi connectivity index (χ2v) is 3.30. The Balaban J connectivity index is 2.61. The van der Waals surface area contributed by atoms with E-state index in [0.717, 1.165) is 0 Å². The summed E-state index contributed by atoms with van der Waals surface area (Å²) in [7, 11) is 1.26. The van der Waals surface area contributed by atoms with Crippen LogP contribution in [0, 0.1) is 5.92 Å². The van der Waals surface area contributed by atoms with Crippen molar-refractivity contribution in [3.63, 3.8) is 0 Å². The third-order valence-corrected chi connectivity index (χ3v) is 2.40. The first-order valence-corrected chi connectivity index (χ1v) is 3.92. The molecule has 4 nitrogen and oxygen atoms in total. The number of methoxy groups -OCH3 is 1. The minimum absolute atomic E-state index is 0.000833. The highest BCUT2D eigenvalue weighted by atomic mass is 16.6. The number of hydrogen-bond acceptors (Lipinski definition) is 4. The lowest BCUT2D eigenvalue weighted by Gasteiger charge is -2.25. The molecule has 1 saturated heterocycles. The lowest BCUT2D eigenvalue weighted by Crippen LogP contribution is -2.44. The number of ether oxygens (including phenoxy) is 2. The number of hydrogen-bond donors (Lipinski definition) is 1. The van der Waals surface area contributed by atoms with E-state index in [0.29, 0.717) is 6.61 Å². The molecule has 3 atom stereocenters. The Labute approximate surface area is 71.5 Å². The van der Waals surface area contributed by atoms with Crippen LogP contribution in [0.2, 0.25) is 0 Å². The van der Waals surface area contributed by atoms with E-state index >= 15 is 0 Å². The van der Waals surface area contributed by atoms with Crippen molar-refractivity contribution < 1.29 is 19.4 Å². The van der Waals surface area contributed by atoms with E-state index in [1.165, 1.54) is 14.0 Å². The number of esters is 1. The lowest BCUT2D eigenvalue weighted by atomic mass is 9.88. The fraction of sp³-hybridized carbons (Fsp3) is 0.875. The van der Waals surface area contributed by atoms with Crippen molar-refractivity contribution in [3.05, 3.63) is 0 Å². The Morgan fingerprint density at radius 2 is 2.33 bits per heavy atom. The molecule has 4 heteroatoms. The molecule has 0 bridgehead atoms. The molecular formula is C8H14O4. The molecule has 0 aromatic rings. The summed E-state index contributed by atoms with van der Waals surface area (Å²) < 4.78 is 9.45. The summed E-state index contributed by atoms with van der Waals surface area (Å²) in [6.45, 7) is 3.84. The van der Waals surface area contributed by atoms with Crippen molar-refractivity contribution >= 4 is 5.97 Å². The third-order valence-electron chi connectivity index (χ3n) is 2.40. The van der Waals surface area contributed by atoms with E-state index in [2.05, 4.69) is 4.74 Å². The van der Waals surface area contributed by atoms with Crippen LogP contribution in [-0.4, -0.2) is 36.5 Å². The van der Waals surface area contributed by atoms with E-state index in [-0.39, 0.29) is 12.0 Å². The summed E-state index contributed by atoms with van der Waals surface area (Å²) in [6, 6.07) is 0. The van der Waals surface area contributed by atoms with Gasteiger partial charge in [-0.1, -0.05) is 6.92 Å². The quantitative estimate of drug-likeness (QED) is 0.481. The maximum Gasteiger partial charge on any atom is 0.337 e. The summed E-state index contributed by atoms with van der Waals surface area (Å²) >= 11 is 0. The average Bonchev–Trinajstić information content (AvgIpc) is 2.83.